The summed E-state index contributed by atoms with van der Waals surface area (Å²) in [7, 11) is 0. The molecule has 2 aliphatic rings. The van der Waals surface area contributed by atoms with Crippen LogP contribution in [0.5, 0.6) is 0 Å². The van der Waals surface area contributed by atoms with Gasteiger partial charge in [0.2, 0.25) is 0 Å². The van der Waals surface area contributed by atoms with Gasteiger partial charge in [-0.3, -0.25) is 4.79 Å². The van der Waals surface area contributed by atoms with Crippen molar-refractivity contribution >= 4 is 11.4 Å². The van der Waals surface area contributed by atoms with Crippen molar-refractivity contribution in [1.82, 2.24) is 44.5 Å². The van der Waals surface area contributed by atoms with Gasteiger partial charge >= 0.3 is 18.3 Å². The molecule has 1 fully saturated rings. The van der Waals surface area contributed by atoms with Crippen molar-refractivity contribution in [3.05, 3.63) is 71.7 Å². The minimum absolute atomic E-state index is 0.0685. The molecule has 0 unspecified atom stereocenters. The van der Waals surface area contributed by atoms with Gasteiger partial charge in [-0.15, -0.1) is 10.2 Å². The van der Waals surface area contributed by atoms with E-state index in [0.29, 0.717) is 35.0 Å². The van der Waals surface area contributed by atoms with E-state index < -0.39 is 18.5 Å². The smallest absolute Gasteiger partial charge is 0.333 e. The molecule has 1 aliphatic carbocycles. The van der Waals surface area contributed by atoms with Crippen LogP contribution in [-0.2, 0) is 6.42 Å². The predicted octanol–water partition coefficient (Wildman–Crippen LogP) is 3.36. The molecule has 182 valence electrons. The fourth-order valence-electron chi connectivity index (χ4n) is 4.83. The van der Waals surface area contributed by atoms with Gasteiger partial charge in [0.15, 0.2) is 0 Å². The van der Waals surface area contributed by atoms with Crippen molar-refractivity contribution in [1.29, 1.82) is 0 Å². The maximum Gasteiger partial charge on any atom is 0.333 e. The summed E-state index contributed by atoms with van der Waals surface area (Å²) in [5.74, 6) is -0.273. The second-order valence-electron chi connectivity index (χ2n) is 8.95. The molecule has 0 spiro atoms. The highest BCUT2D eigenvalue weighted by Gasteiger charge is 2.38. The third kappa shape index (κ3) is 3.30. The number of rotatable bonds is 5. The number of hydrogen-bond acceptors (Lipinski definition) is 7. The van der Waals surface area contributed by atoms with E-state index in [1.165, 1.54) is 11.8 Å². The van der Waals surface area contributed by atoms with Crippen LogP contribution < -0.4 is 0 Å². The molecule has 1 aliphatic heterocycles. The number of fused-ring (bicyclic) bond motifs is 2. The summed E-state index contributed by atoms with van der Waals surface area (Å²) in [6, 6.07) is 5.56. The van der Waals surface area contributed by atoms with Gasteiger partial charge in [-0.05, 0) is 36.5 Å². The van der Waals surface area contributed by atoms with Gasteiger partial charge in [-0.2, -0.15) is 19.0 Å². The van der Waals surface area contributed by atoms with E-state index in [0.717, 1.165) is 30.2 Å². The summed E-state index contributed by atoms with van der Waals surface area (Å²) in [5, 5.41) is 16.1. The third-order valence-electron chi connectivity index (χ3n) is 6.69. The highest BCUT2D eigenvalue weighted by Crippen LogP contribution is 2.43. The molecule has 1 atom stereocenters. The SMILES string of the molecule is O=C(c1nnc(-c2cnn(C(F)F)c2)o1)N1CCc2[nH]cnc2[C@@H]1c1cc2c(C3CC3)cccn2n1. The summed E-state index contributed by atoms with van der Waals surface area (Å²) in [6.45, 7) is -2.42. The Morgan fingerprint density at radius 1 is 1.25 bits per heavy atom. The number of hydrogen-bond donors (Lipinski definition) is 1. The highest BCUT2D eigenvalue weighted by atomic mass is 19.3. The zero-order chi connectivity index (χ0) is 24.4. The molecule has 0 radical (unpaired) electrons. The molecule has 0 bridgehead atoms. The Kier molecular flexibility index (Phi) is 4.53. The lowest BCUT2D eigenvalue weighted by Crippen LogP contribution is -2.41. The summed E-state index contributed by atoms with van der Waals surface area (Å²) < 4.78 is 33.7. The number of carbonyl (C=O) groups is 1. The number of imidazole rings is 1. The summed E-state index contributed by atoms with van der Waals surface area (Å²) >= 11 is 0. The lowest BCUT2D eigenvalue weighted by Gasteiger charge is -2.32. The van der Waals surface area contributed by atoms with E-state index in [4.69, 9.17) is 9.52 Å². The Morgan fingerprint density at radius 3 is 2.94 bits per heavy atom. The predicted molar refractivity (Wildman–Crippen MR) is 119 cm³/mol. The molecule has 0 aromatic carbocycles. The fourth-order valence-corrected chi connectivity index (χ4v) is 4.83. The Morgan fingerprint density at radius 2 is 2.14 bits per heavy atom. The Labute approximate surface area is 201 Å². The Bertz CT molecular complexity index is 1600. The van der Waals surface area contributed by atoms with Gasteiger partial charge in [-0.1, -0.05) is 6.07 Å². The number of H-pyrrole nitrogens is 1. The Hall–Kier alpha value is -4.42. The number of alkyl halides is 2. The van der Waals surface area contributed by atoms with Gasteiger partial charge < -0.3 is 14.3 Å². The summed E-state index contributed by atoms with van der Waals surface area (Å²) in [4.78, 5) is 22.9. The van der Waals surface area contributed by atoms with Crippen LogP contribution >= 0.6 is 0 Å². The zero-order valence-electron chi connectivity index (χ0n) is 18.8. The average molecular weight is 491 g/mol. The van der Waals surface area contributed by atoms with Crippen LogP contribution in [0.2, 0.25) is 0 Å². The van der Waals surface area contributed by atoms with Gasteiger partial charge in [0.25, 0.3) is 5.89 Å². The van der Waals surface area contributed by atoms with Crippen LogP contribution in [0, 0.1) is 0 Å². The minimum atomic E-state index is -2.80. The molecule has 6 heterocycles. The Balaban J connectivity index is 1.26. The van der Waals surface area contributed by atoms with Crippen molar-refractivity contribution in [2.75, 3.05) is 6.54 Å². The van der Waals surface area contributed by atoms with Crippen LogP contribution in [0.3, 0.4) is 0 Å². The number of halogens is 2. The van der Waals surface area contributed by atoms with Gasteiger partial charge in [-0.25, -0.2) is 14.2 Å². The zero-order valence-corrected chi connectivity index (χ0v) is 18.8. The van der Waals surface area contributed by atoms with Gasteiger partial charge in [0.05, 0.1) is 35.0 Å². The summed E-state index contributed by atoms with van der Waals surface area (Å²) in [6.07, 6.45) is 8.67. The topological polar surface area (TPSA) is 123 Å². The number of aromatic amines is 1. The third-order valence-corrected chi connectivity index (χ3v) is 6.69. The van der Waals surface area contributed by atoms with Crippen LogP contribution in [0.1, 0.15) is 64.7 Å². The van der Waals surface area contributed by atoms with Crippen LogP contribution in [-0.4, -0.2) is 56.9 Å². The summed E-state index contributed by atoms with van der Waals surface area (Å²) in [5.41, 5.74) is 4.79. The second kappa shape index (κ2) is 7.80. The maximum absolute atomic E-state index is 13.6. The first kappa shape index (κ1) is 20.9. The van der Waals surface area contributed by atoms with Crippen molar-refractivity contribution in [3.8, 4) is 11.5 Å². The minimum Gasteiger partial charge on any atom is -0.412 e. The van der Waals surface area contributed by atoms with Crippen molar-refractivity contribution in [2.24, 2.45) is 0 Å². The largest absolute Gasteiger partial charge is 0.412 e. The molecular formula is C23H19F2N9O2. The van der Waals surface area contributed by atoms with Gasteiger partial charge in [0, 0.05) is 31.1 Å². The van der Waals surface area contributed by atoms with Crippen molar-refractivity contribution in [3.63, 3.8) is 0 Å². The molecule has 11 nitrogen and oxygen atoms in total. The molecule has 5 aromatic heterocycles. The van der Waals surface area contributed by atoms with Crippen LogP contribution in [0.4, 0.5) is 8.78 Å². The molecule has 0 saturated heterocycles. The second-order valence-corrected chi connectivity index (χ2v) is 8.95. The van der Waals surface area contributed by atoms with E-state index >= 15 is 0 Å². The number of pyridine rings is 1. The van der Waals surface area contributed by atoms with E-state index in [1.807, 2.05) is 22.8 Å². The van der Waals surface area contributed by atoms with Crippen molar-refractivity contribution < 1.29 is 18.0 Å². The maximum atomic E-state index is 13.6. The van der Waals surface area contributed by atoms with E-state index in [-0.39, 0.29) is 17.3 Å². The first-order valence-electron chi connectivity index (χ1n) is 11.5. The fraction of sp³-hybridized carbons (Fsp3) is 0.304. The first-order valence-corrected chi connectivity index (χ1v) is 11.5. The van der Waals surface area contributed by atoms with Gasteiger partial charge in [0.1, 0.15) is 6.04 Å². The molecule has 36 heavy (non-hydrogen) atoms. The van der Waals surface area contributed by atoms with Crippen LogP contribution in [0.25, 0.3) is 17.0 Å². The molecular weight excluding hydrogens is 472 g/mol. The standard InChI is InChI=1S/C23H19F2N9O2/c24-23(25)34-10-13(9-28-34)20-29-30-21(36-20)22(35)32-7-5-15-18(27-11-26-15)19(32)16-8-17-14(12-3-4-12)2-1-6-33(17)31-16/h1-2,6,8-12,19,23H,3-5,7H2,(H,26,27)/t19-/m0/s1. The average Bonchev–Trinajstić information content (AvgIpc) is 3.34. The molecule has 5 aromatic rings. The molecule has 7 rings (SSSR count). The highest BCUT2D eigenvalue weighted by molar-refractivity contribution is 5.90. The van der Waals surface area contributed by atoms with Crippen molar-refractivity contribution in [2.45, 2.75) is 37.8 Å². The molecule has 1 saturated carbocycles. The quantitative estimate of drug-likeness (QED) is 0.400. The number of nitrogens with zero attached hydrogens (tertiary/aromatic N) is 8. The first-order chi connectivity index (χ1) is 17.6. The number of nitrogens with one attached hydrogen (secondary N) is 1. The van der Waals surface area contributed by atoms with Crippen LogP contribution in [0.15, 0.2) is 47.5 Å². The van der Waals surface area contributed by atoms with E-state index in [1.54, 1.807) is 11.2 Å². The number of amides is 1. The molecule has 13 heteroatoms. The van der Waals surface area contributed by atoms with E-state index in [2.05, 4.69) is 31.3 Å². The van der Waals surface area contributed by atoms with E-state index in [9.17, 15) is 13.6 Å². The number of aromatic nitrogens is 8. The molecule has 1 N–H and O–H groups in total. The normalized spacial score (nSPS) is 17.8. The monoisotopic (exact) mass is 491 g/mol. The lowest BCUT2D eigenvalue weighted by molar-refractivity contribution is 0.0566. The molecule has 1 amide bonds. The number of carbonyl (C=O) groups excluding carboxylic acids is 1. The lowest BCUT2D eigenvalue weighted by atomic mass is 9.99.